The molecule has 0 atom stereocenters. The van der Waals surface area contributed by atoms with Crippen molar-refractivity contribution in [3.63, 3.8) is 0 Å². The van der Waals surface area contributed by atoms with E-state index >= 15 is 0 Å². The van der Waals surface area contributed by atoms with E-state index in [1.54, 1.807) is 0 Å². The summed E-state index contributed by atoms with van der Waals surface area (Å²) in [6, 6.07) is 10.9. The lowest BCUT2D eigenvalue weighted by molar-refractivity contribution is -0.131. The highest BCUT2D eigenvalue weighted by Crippen LogP contribution is 2.48. The third-order valence-electron chi connectivity index (χ3n) is 7.54. The minimum absolute atomic E-state index is 0.0213. The van der Waals surface area contributed by atoms with Gasteiger partial charge in [-0.05, 0) is 54.8 Å². The lowest BCUT2D eigenvalue weighted by Crippen LogP contribution is -2.38. The number of carboxylic acid groups (broad SMARTS) is 1. The number of anilines is 3. The van der Waals surface area contributed by atoms with Gasteiger partial charge in [0.05, 0.1) is 33.6 Å². The second-order valence-electron chi connectivity index (χ2n) is 12.6. The van der Waals surface area contributed by atoms with Crippen LogP contribution in [0.4, 0.5) is 17.1 Å². The van der Waals surface area contributed by atoms with E-state index in [4.69, 9.17) is 9.84 Å². The maximum Gasteiger partial charge on any atom is 0.331 e. The van der Waals surface area contributed by atoms with E-state index in [1.165, 1.54) is 17.8 Å². The van der Waals surface area contributed by atoms with Crippen LogP contribution >= 0.6 is 11.8 Å². The molecule has 10 heteroatoms. The molecule has 0 spiro atoms. The Bertz CT molecular complexity index is 1400. The molecule has 1 amide bonds. The van der Waals surface area contributed by atoms with Crippen molar-refractivity contribution in [3.05, 3.63) is 48.7 Å². The topological polar surface area (TPSA) is 113 Å². The zero-order valence-corrected chi connectivity index (χ0v) is 27.9. The number of fused-ring (bicyclic) bond motifs is 1. The maximum absolute atomic E-state index is 14.2. The molecule has 3 rings (SSSR count). The minimum Gasteiger partial charge on any atom is -0.478 e. The summed E-state index contributed by atoms with van der Waals surface area (Å²) in [4.78, 5) is 26.5. The minimum atomic E-state index is -3.75. The van der Waals surface area contributed by atoms with Crippen molar-refractivity contribution in [2.45, 2.75) is 89.4 Å². The number of aliphatic carboxylic acids is 1. The Labute approximate surface area is 261 Å². The van der Waals surface area contributed by atoms with E-state index in [9.17, 15) is 18.0 Å². The van der Waals surface area contributed by atoms with E-state index < -0.39 is 21.2 Å². The van der Waals surface area contributed by atoms with Crippen LogP contribution in [0.25, 0.3) is 0 Å². The number of thioether (sulfide) groups is 1. The number of carbonyl (C=O) groups is 2. The first-order valence-electron chi connectivity index (χ1n) is 14.9. The zero-order chi connectivity index (χ0) is 31.8. The van der Waals surface area contributed by atoms with Gasteiger partial charge in [0.2, 0.25) is 5.91 Å². The van der Waals surface area contributed by atoms with Crippen molar-refractivity contribution in [1.82, 2.24) is 0 Å². The van der Waals surface area contributed by atoms with E-state index in [0.717, 1.165) is 56.6 Å². The fourth-order valence-electron chi connectivity index (χ4n) is 5.53. The molecule has 0 aromatic heterocycles. The van der Waals surface area contributed by atoms with Crippen LogP contribution in [0.5, 0.6) is 5.75 Å². The molecule has 2 N–H and O–H groups in total. The van der Waals surface area contributed by atoms with Crippen molar-refractivity contribution in [1.29, 1.82) is 0 Å². The molecule has 0 saturated carbocycles. The molecule has 2 aromatic carbocycles. The molecule has 1 heterocycles. The molecule has 1 aliphatic rings. The first-order chi connectivity index (χ1) is 20.2. The van der Waals surface area contributed by atoms with Crippen LogP contribution in [0, 0.1) is 10.8 Å². The lowest BCUT2D eigenvalue weighted by Gasteiger charge is -2.37. The summed E-state index contributed by atoms with van der Waals surface area (Å²) in [5.41, 5.74) is 1.48. The Kier molecular flexibility index (Phi) is 11.8. The smallest absolute Gasteiger partial charge is 0.331 e. The molecule has 1 aliphatic heterocycles. The predicted molar refractivity (Wildman–Crippen MR) is 175 cm³/mol. The Morgan fingerprint density at radius 1 is 1.09 bits per heavy atom. The van der Waals surface area contributed by atoms with Gasteiger partial charge < -0.3 is 20.1 Å². The molecule has 43 heavy (non-hydrogen) atoms. The molecule has 0 unspecified atom stereocenters. The van der Waals surface area contributed by atoms with Gasteiger partial charge in [-0.25, -0.2) is 13.2 Å². The van der Waals surface area contributed by atoms with Crippen LogP contribution in [0.15, 0.2) is 58.5 Å². The number of hydrogen-bond acceptors (Lipinski definition) is 7. The Morgan fingerprint density at radius 3 is 2.26 bits per heavy atom. The Morgan fingerprint density at radius 2 is 1.72 bits per heavy atom. The van der Waals surface area contributed by atoms with E-state index in [1.807, 2.05) is 57.4 Å². The van der Waals surface area contributed by atoms with Crippen LogP contribution in [0.3, 0.4) is 0 Å². The molecule has 0 saturated heterocycles. The lowest BCUT2D eigenvalue weighted by atomic mass is 9.79. The molecule has 0 fully saturated rings. The number of carbonyl (C=O) groups excluding carboxylic acids is 1. The number of ether oxygens (including phenoxy) is 1. The number of sulfone groups is 1. The van der Waals surface area contributed by atoms with Crippen molar-refractivity contribution >= 4 is 50.5 Å². The van der Waals surface area contributed by atoms with E-state index in [2.05, 4.69) is 24.1 Å². The fraction of sp³-hybridized carbons (Fsp3) is 0.515. The van der Waals surface area contributed by atoms with Crippen molar-refractivity contribution in [2.75, 3.05) is 28.8 Å². The molecule has 0 bridgehead atoms. The van der Waals surface area contributed by atoms with Crippen molar-refractivity contribution < 1.29 is 27.9 Å². The standard InChI is InChI=1S/C33H46N2O6S2/c1-7-9-16-33(17-10-8-2)22-35(25-13-11-24(12-14-25)34-30(36)21-32(3,4)5)26-19-28(42-6)27(41-18-15-31(37)38)20-29(26)43(39,40)23-33/h11-15,18-20H,7-10,16-17,21-23H2,1-6H3,(H,34,36)(H,37,38). The fourth-order valence-corrected chi connectivity index (χ4v) is 8.18. The van der Waals surface area contributed by atoms with Gasteiger partial charge in [0.15, 0.2) is 9.84 Å². The summed E-state index contributed by atoms with van der Waals surface area (Å²) >= 11 is 1.40. The number of nitrogens with zero attached hydrogens (tertiary/aromatic N) is 1. The summed E-state index contributed by atoms with van der Waals surface area (Å²) in [5.74, 6) is -0.903. The largest absolute Gasteiger partial charge is 0.478 e. The van der Waals surface area contributed by atoms with Gasteiger partial charge in [0, 0.05) is 35.8 Å². The van der Waals surface area contributed by atoms with Gasteiger partial charge in [-0.15, -0.1) is 11.8 Å². The number of rotatable bonds is 13. The number of carboxylic acids is 1. The highest BCUT2D eigenvalue weighted by molar-refractivity contribution is 7.98. The number of benzene rings is 2. The first kappa shape index (κ1) is 34.5. The SMILES string of the molecule is CCCCC1(CCCC)CN(c2ccc(NC(=O)CC(C)(C)C)cc2)c2cc(SC)c(OC=CC(=O)O)cc2S(=O)(=O)C1. The molecular formula is C33H46N2O6S2. The number of unbranched alkanes of at least 4 members (excludes halogenated alkanes) is 2. The van der Waals surface area contributed by atoms with Crippen LogP contribution in [0.2, 0.25) is 0 Å². The normalized spacial score (nSPS) is 16.0. The molecule has 8 nitrogen and oxygen atoms in total. The number of hydrogen-bond donors (Lipinski definition) is 2. The van der Waals surface area contributed by atoms with Gasteiger partial charge in [0.1, 0.15) is 5.75 Å². The number of nitrogens with one attached hydrogen (secondary N) is 1. The van der Waals surface area contributed by atoms with Crippen LogP contribution in [-0.2, 0) is 19.4 Å². The Balaban J connectivity index is 2.16. The van der Waals surface area contributed by atoms with Crippen LogP contribution in [-0.4, -0.2) is 44.0 Å². The van der Waals surface area contributed by atoms with E-state index in [0.29, 0.717) is 35.0 Å². The summed E-state index contributed by atoms with van der Waals surface area (Å²) in [6.07, 6.45) is 9.55. The third kappa shape index (κ3) is 9.50. The van der Waals surface area contributed by atoms with Crippen molar-refractivity contribution in [3.8, 4) is 5.75 Å². The average Bonchev–Trinajstić information content (AvgIpc) is 3.01. The molecule has 0 radical (unpaired) electrons. The summed E-state index contributed by atoms with van der Waals surface area (Å²) in [6.45, 7) is 10.8. The second-order valence-corrected chi connectivity index (χ2v) is 15.4. The van der Waals surface area contributed by atoms with Gasteiger partial charge in [-0.3, -0.25) is 4.79 Å². The highest BCUT2D eigenvalue weighted by Gasteiger charge is 2.42. The summed E-state index contributed by atoms with van der Waals surface area (Å²) < 4.78 is 34.0. The number of amides is 1. The van der Waals surface area contributed by atoms with Gasteiger partial charge in [-0.1, -0.05) is 60.3 Å². The van der Waals surface area contributed by atoms with Crippen LogP contribution < -0.4 is 15.0 Å². The molecule has 2 aromatic rings. The Hall–Kier alpha value is -2.98. The monoisotopic (exact) mass is 630 g/mol. The van der Waals surface area contributed by atoms with Gasteiger partial charge >= 0.3 is 5.97 Å². The summed E-state index contributed by atoms with van der Waals surface area (Å²) in [7, 11) is -3.75. The third-order valence-corrected chi connectivity index (χ3v) is 10.3. The highest BCUT2D eigenvalue weighted by atomic mass is 32.2. The molecular weight excluding hydrogens is 585 g/mol. The molecule has 0 aliphatic carbocycles. The van der Waals surface area contributed by atoms with Gasteiger partial charge in [-0.2, -0.15) is 0 Å². The maximum atomic E-state index is 14.2. The van der Waals surface area contributed by atoms with Crippen molar-refractivity contribution in [2.24, 2.45) is 10.8 Å². The molecule has 236 valence electrons. The predicted octanol–water partition coefficient (Wildman–Crippen LogP) is 8.05. The quantitative estimate of drug-likeness (QED) is 0.130. The first-order valence-corrected chi connectivity index (χ1v) is 17.8. The average molecular weight is 631 g/mol. The second kappa shape index (κ2) is 14.7. The van der Waals surface area contributed by atoms with Crippen LogP contribution in [0.1, 0.15) is 79.6 Å². The summed E-state index contributed by atoms with van der Waals surface area (Å²) in [5, 5.41) is 12.0. The van der Waals surface area contributed by atoms with Gasteiger partial charge in [0.25, 0.3) is 0 Å². The zero-order valence-electron chi connectivity index (χ0n) is 26.2. The van der Waals surface area contributed by atoms with E-state index in [-0.39, 0.29) is 22.0 Å².